The van der Waals surface area contributed by atoms with Crippen LogP contribution in [0, 0.1) is 5.92 Å². The second kappa shape index (κ2) is 7.13. The first-order valence-corrected chi connectivity index (χ1v) is 6.72. The highest BCUT2D eigenvalue weighted by molar-refractivity contribution is 6.01. The molecule has 0 aliphatic carbocycles. The average molecular weight is 254 g/mol. The summed E-state index contributed by atoms with van der Waals surface area (Å²) in [6.07, 6.45) is 4.28. The van der Waals surface area contributed by atoms with Crippen LogP contribution in [-0.2, 0) is 14.4 Å². The van der Waals surface area contributed by atoms with Gasteiger partial charge in [0.15, 0.2) is 0 Å². The summed E-state index contributed by atoms with van der Waals surface area (Å²) in [7, 11) is 0. The van der Waals surface area contributed by atoms with Crippen LogP contribution in [0.25, 0.3) is 0 Å². The second-order valence-electron chi connectivity index (χ2n) is 4.79. The maximum atomic E-state index is 12.0. The minimum Gasteiger partial charge on any atom is -0.344 e. The first kappa shape index (κ1) is 14.7. The molecule has 5 heteroatoms. The number of piperidine rings is 1. The van der Waals surface area contributed by atoms with Crippen LogP contribution in [0.4, 0.5) is 0 Å². The topological polar surface area (TPSA) is 75.3 Å². The molecule has 0 aromatic heterocycles. The molecule has 0 bridgehead atoms. The molecule has 0 radical (unpaired) electrons. The summed E-state index contributed by atoms with van der Waals surface area (Å²) >= 11 is 0. The third-order valence-electron chi connectivity index (χ3n) is 3.20. The van der Waals surface area contributed by atoms with Crippen LogP contribution in [0.1, 0.15) is 52.4 Å². The van der Waals surface area contributed by atoms with E-state index >= 15 is 0 Å². The number of imide groups is 1. The Balaban J connectivity index is 2.51. The van der Waals surface area contributed by atoms with Crippen molar-refractivity contribution in [2.24, 2.45) is 5.92 Å². The molecule has 1 aliphatic heterocycles. The van der Waals surface area contributed by atoms with Crippen LogP contribution >= 0.6 is 0 Å². The van der Waals surface area contributed by atoms with Gasteiger partial charge in [0.2, 0.25) is 17.7 Å². The van der Waals surface area contributed by atoms with E-state index in [1.165, 1.54) is 0 Å². The second-order valence-corrected chi connectivity index (χ2v) is 4.79. The molecule has 18 heavy (non-hydrogen) atoms. The summed E-state index contributed by atoms with van der Waals surface area (Å²) in [6, 6.07) is -0.550. The average Bonchev–Trinajstić information content (AvgIpc) is 2.32. The van der Waals surface area contributed by atoms with Crippen molar-refractivity contribution in [2.75, 3.05) is 0 Å². The lowest BCUT2D eigenvalue weighted by Crippen LogP contribution is -2.53. The van der Waals surface area contributed by atoms with E-state index in [9.17, 15) is 14.4 Å². The Morgan fingerprint density at radius 1 is 1.33 bits per heavy atom. The van der Waals surface area contributed by atoms with Crippen LogP contribution < -0.4 is 10.6 Å². The van der Waals surface area contributed by atoms with Crippen molar-refractivity contribution >= 4 is 17.7 Å². The maximum Gasteiger partial charge on any atom is 0.249 e. The molecule has 5 nitrogen and oxygen atoms in total. The fourth-order valence-corrected chi connectivity index (χ4v) is 2.22. The smallest absolute Gasteiger partial charge is 0.249 e. The third kappa shape index (κ3) is 4.13. The van der Waals surface area contributed by atoms with Crippen molar-refractivity contribution in [1.29, 1.82) is 0 Å². The van der Waals surface area contributed by atoms with E-state index in [-0.39, 0.29) is 23.6 Å². The Kier molecular flexibility index (Phi) is 5.82. The quantitative estimate of drug-likeness (QED) is 0.698. The van der Waals surface area contributed by atoms with E-state index in [1.807, 2.05) is 13.8 Å². The number of amides is 3. The summed E-state index contributed by atoms with van der Waals surface area (Å²) in [5, 5.41) is 5.00. The lowest BCUT2D eigenvalue weighted by atomic mass is 9.96. The Labute approximate surface area is 108 Å². The van der Waals surface area contributed by atoms with E-state index in [2.05, 4.69) is 10.6 Å². The molecule has 1 aliphatic rings. The number of hydrogen-bond donors (Lipinski definition) is 2. The van der Waals surface area contributed by atoms with Crippen LogP contribution in [0.3, 0.4) is 0 Å². The Bertz CT molecular complexity index is 322. The van der Waals surface area contributed by atoms with E-state index in [0.717, 1.165) is 25.7 Å². The molecule has 0 aromatic rings. The predicted molar refractivity (Wildman–Crippen MR) is 67.6 cm³/mol. The van der Waals surface area contributed by atoms with Crippen LogP contribution in [0.5, 0.6) is 0 Å². The number of carbonyl (C=O) groups excluding carboxylic acids is 3. The molecule has 1 rings (SSSR count). The zero-order valence-corrected chi connectivity index (χ0v) is 11.1. The van der Waals surface area contributed by atoms with Gasteiger partial charge >= 0.3 is 0 Å². The molecule has 1 saturated heterocycles. The Morgan fingerprint density at radius 3 is 2.44 bits per heavy atom. The molecule has 0 spiro atoms. The van der Waals surface area contributed by atoms with Gasteiger partial charge in [-0.2, -0.15) is 0 Å². The normalized spacial score (nSPS) is 19.8. The maximum absolute atomic E-state index is 12.0. The lowest BCUT2D eigenvalue weighted by molar-refractivity contribution is -0.138. The van der Waals surface area contributed by atoms with Crippen LogP contribution in [0.15, 0.2) is 0 Å². The van der Waals surface area contributed by atoms with Gasteiger partial charge in [-0.15, -0.1) is 0 Å². The Morgan fingerprint density at radius 2 is 1.94 bits per heavy atom. The minimum absolute atomic E-state index is 0.0228. The molecule has 1 unspecified atom stereocenters. The van der Waals surface area contributed by atoms with E-state index in [0.29, 0.717) is 12.8 Å². The molecule has 1 atom stereocenters. The molecule has 0 aromatic carbocycles. The molecular formula is C13H22N2O3. The highest BCUT2D eigenvalue weighted by Crippen LogP contribution is 2.15. The van der Waals surface area contributed by atoms with Crippen LogP contribution in [0.2, 0.25) is 0 Å². The van der Waals surface area contributed by atoms with Crippen molar-refractivity contribution in [1.82, 2.24) is 10.6 Å². The number of carbonyl (C=O) groups is 3. The van der Waals surface area contributed by atoms with Gasteiger partial charge in [0.1, 0.15) is 6.04 Å². The monoisotopic (exact) mass is 254 g/mol. The highest BCUT2D eigenvalue weighted by atomic mass is 16.2. The number of nitrogens with one attached hydrogen (secondary N) is 2. The zero-order chi connectivity index (χ0) is 13.5. The van der Waals surface area contributed by atoms with Crippen LogP contribution in [-0.4, -0.2) is 23.8 Å². The van der Waals surface area contributed by atoms with Crippen molar-refractivity contribution in [3.05, 3.63) is 0 Å². The molecule has 0 saturated carbocycles. The lowest BCUT2D eigenvalue weighted by Gasteiger charge is -2.24. The summed E-state index contributed by atoms with van der Waals surface area (Å²) < 4.78 is 0. The highest BCUT2D eigenvalue weighted by Gasteiger charge is 2.29. The minimum atomic E-state index is -0.550. The fourth-order valence-electron chi connectivity index (χ4n) is 2.22. The SMILES string of the molecule is CCCC(CCC)C(=O)NC1CCC(=O)NC1=O. The largest absolute Gasteiger partial charge is 0.344 e. The number of rotatable bonds is 6. The standard InChI is InChI=1S/C13H22N2O3/c1-3-5-9(6-4-2)12(17)14-10-7-8-11(16)15-13(10)18/h9-10H,3-8H2,1-2H3,(H,14,17)(H,15,16,18). The summed E-state index contributed by atoms with van der Waals surface area (Å²) in [6.45, 7) is 4.09. The van der Waals surface area contributed by atoms with Gasteiger partial charge in [-0.3, -0.25) is 19.7 Å². The van der Waals surface area contributed by atoms with Crippen molar-refractivity contribution in [3.8, 4) is 0 Å². The fraction of sp³-hybridized carbons (Fsp3) is 0.769. The summed E-state index contributed by atoms with van der Waals surface area (Å²) in [5.74, 6) is -0.728. The van der Waals surface area contributed by atoms with Gasteiger partial charge in [-0.05, 0) is 19.3 Å². The van der Waals surface area contributed by atoms with Gasteiger partial charge in [0.05, 0.1) is 0 Å². The van der Waals surface area contributed by atoms with E-state index in [4.69, 9.17) is 0 Å². The Hall–Kier alpha value is -1.39. The van der Waals surface area contributed by atoms with Crippen molar-refractivity contribution in [2.45, 2.75) is 58.4 Å². The van der Waals surface area contributed by atoms with Gasteiger partial charge in [0.25, 0.3) is 0 Å². The predicted octanol–water partition coefficient (Wildman–Crippen LogP) is 1.12. The summed E-state index contributed by atoms with van der Waals surface area (Å²) in [4.78, 5) is 34.6. The van der Waals surface area contributed by atoms with E-state index in [1.54, 1.807) is 0 Å². The van der Waals surface area contributed by atoms with Gasteiger partial charge in [-0.1, -0.05) is 26.7 Å². The molecule has 2 N–H and O–H groups in total. The van der Waals surface area contributed by atoms with Gasteiger partial charge < -0.3 is 5.32 Å². The van der Waals surface area contributed by atoms with Gasteiger partial charge in [-0.25, -0.2) is 0 Å². The van der Waals surface area contributed by atoms with Gasteiger partial charge in [0, 0.05) is 12.3 Å². The molecule has 1 fully saturated rings. The molecule has 102 valence electrons. The first-order valence-electron chi connectivity index (χ1n) is 6.72. The van der Waals surface area contributed by atoms with E-state index < -0.39 is 6.04 Å². The van der Waals surface area contributed by atoms with Crippen molar-refractivity contribution < 1.29 is 14.4 Å². The third-order valence-corrected chi connectivity index (χ3v) is 3.20. The molecule has 3 amide bonds. The summed E-state index contributed by atoms with van der Waals surface area (Å²) in [5.41, 5.74) is 0. The van der Waals surface area contributed by atoms with Crippen molar-refractivity contribution in [3.63, 3.8) is 0 Å². The first-order chi connectivity index (χ1) is 8.58. The molecular weight excluding hydrogens is 232 g/mol. The zero-order valence-electron chi connectivity index (χ0n) is 11.1. The number of hydrogen-bond acceptors (Lipinski definition) is 3. The molecule has 1 heterocycles.